The van der Waals surface area contributed by atoms with E-state index in [1.165, 1.54) is 10.9 Å². The monoisotopic (exact) mass is 317 g/mol. The maximum Gasteiger partial charge on any atom is 0.242 e. The Morgan fingerprint density at radius 3 is 2.61 bits per heavy atom. The Morgan fingerprint density at radius 1 is 1.22 bits per heavy atom. The van der Waals surface area contributed by atoms with Gasteiger partial charge in [0.2, 0.25) is 11.8 Å². The van der Waals surface area contributed by atoms with Gasteiger partial charge in [-0.3, -0.25) is 9.59 Å². The molecule has 0 fully saturated rings. The molecule has 2 aromatic rings. The number of rotatable bonds is 7. The first-order chi connectivity index (χ1) is 11.1. The number of nitrogens with zero attached hydrogens (tertiary/aromatic N) is 3. The van der Waals surface area contributed by atoms with Gasteiger partial charge in [-0.25, -0.2) is 4.68 Å². The summed E-state index contributed by atoms with van der Waals surface area (Å²) >= 11 is 0. The van der Waals surface area contributed by atoms with E-state index in [1.807, 2.05) is 24.3 Å². The molecule has 2 N–H and O–H groups in total. The predicted molar refractivity (Wildman–Crippen MR) is 83.8 cm³/mol. The highest BCUT2D eigenvalue weighted by atomic mass is 16.5. The van der Waals surface area contributed by atoms with E-state index in [-0.39, 0.29) is 18.4 Å². The van der Waals surface area contributed by atoms with E-state index in [2.05, 4.69) is 20.9 Å². The molecule has 1 aromatic carbocycles. The first kappa shape index (κ1) is 16.5. The van der Waals surface area contributed by atoms with Crippen LogP contribution < -0.4 is 15.4 Å². The average Bonchev–Trinajstić information content (AvgIpc) is 3.00. The molecule has 0 aliphatic rings. The van der Waals surface area contributed by atoms with Crippen molar-refractivity contribution in [1.29, 1.82) is 0 Å². The molecule has 8 heteroatoms. The molecule has 0 atom stereocenters. The normalized spacial score (nSPS) is 10.2. The van der Waals surface area contributed by atoms with Gasteiger partial charge in [-0.15, -0.1) is 5.10 Å². The van der Waals surface area contributed by atoms with Crippen LogP contribution in [-0.2, 0) is 22.7 Å². The molecule has 2 amide bonds. The van der Waals surface area contributed by atoms with Gasteiger partial charge in [0.15, 0.2) is 5.82 Å². The Kier molecular flexibility index (Phi) is 5.67. The Hall–Kier alpha value is -2.90. The van der Waals surface area contributed by atoms with Crippen molar-refractivity contribution in [2.24, 2.45) is 0 Å². The largest absolute Gasteiger partial charge is 0.497 e. The second-order valence-electron chi connectivity index (χ2n) is 4.83. The fourth-order valence-electron chi connectivity index (χ4n) is 1.81. The molecule has 0 saturated carbocycles. The van der Waals surface area contributed by atoms with Gasteiger partial charge >= 0.3 is 0 Å². The fourth-order valence-corrected chi connectivity index (χ4v) is 1.81. The number of methoxy groups -OCH3 is 1. The Morgan fingerprint density at radius 2 is 1.96 bits per heavy atom. The minimum Gasteiger partial charge on any atom is -0.497 e. The van der Waals surface area contributed by atoms with Crippen LogP contribution in [0.25, 0.3) is 0 Å². The van der Waals surface area contributed by atoms with Crippen molar-refractivity contribution >= 4 is 17.6 Å². The number of nitrogens with one attached hydrogen (secondary N) is 2. The van der Waals surface area contributed by atoms with E-state index < -0.39 is 0 Å². The molecular weight excluding hydrogens is 298 g/mol. The zero-order valence-corrected chi connectivity index (χ0v) is 13.1. The average molecular weight is 317 g/mol. The first-order valence-corrected chi connectivity index (χ1v) is 7.20. The van der Waals surface area contributed by atoms with Crippen LogP contribution >= 0.6 is 0 Å². The summed E-state index contributed by atoms with van der Waals surface area (Å²) in [5.74, 6) is 0.754. The lowest BCUT2D eigenvalue weighted by Crippen LogP contribution is -2.27. The van der Waals surface area contributed by atoms with Crippen LogP contribution in [0.2, 0.25) is 0 Å². The Labute approximate surface area is 133 Å². The highest BCUT2D eigenvalue weighted by Crippen LogP contribution is 2.10. The number of aromatic nitrogens is 3. The lowest BCUT2D eigenvalue weighted by Gasteiger charge is -2.06. The summed E-state index contributed by atoms with van der Waals surface area (Å²) in [5.41, 5.74) is 0.966. The van der Waals surface area contributed by atoms with Crippen LogP contribution in [0.15, 0.2) is 30.5 Å². The van der Waals surface area contributed by atoms with Gasteiger partial charge in [-0.1, -0.05) is 24.3 Å². The molecule has 1 aromatic heterocycles. The van der Waals surface area contributed by atoms with E-state index in [1.54, 1.807) is 14.0 Å². The third-order valence-corrected chi connectivity index (χ3v) is 3.08. The van der Waals surface area contributed by atoms with Crippen LogP contribution in [0.3, 0.4) is 0 Å². The van der Waals surface area contributed by atoms with Gasteiger partial charge in [-0.05, 0) is 17.7 Å². The standard InChI is InChI=1S/C15H19N5O3/c1-3-14(21)17-13-9-20(19-18-13)10-15(22)16-8-11-4-6-12(23-2)7-5-11/h4-7,9H,3,8,10H2,1-2H3,(H,16,22)(H,17,21). The number of hydrogen-bond donors (Lipinski definition) is 2. The van der Waals surface area contributed by atoms with Gasteiger partial charge in [0, 0.05) is 13.0 Å². The van der Waals surface area contributed by atoms with Gasteiger partial charge in [-0.2, -0.15) is 0 Å². The molecule has 0 bridgehead atoms. The van der Waals surface area contributed by atoms with E-state index in [0.29, 0.717) is 18.8 Å². The van der Waals surface area contributed by atoms with Crippen molar-refractivity contribution in [3.8, 4) is 5.75 Å². The summed E-state index contributed by atoms with van der Waals surface area (Å²) in [6, 6.07) is 7.43. The number of amides is 2. The minimum absolute atomic E-state index is 0.0329. The SMILES string of the molecule is CCC(=O)Nc1cn(CC(=O)NCc2ccc(OC)cc2)nn1. The van der Waals surface area contributed by atoms with Gasteiger partial charge in [0.05, 0.1) is 13.3 Å². The molecule has 1 heterocycles. The number of benzene rings is 1. The van der Waals surface area contributed by atoms with E-state index in [0.717, 1.165) is 11.3 Å². The number of carbonyl (C=O) groups is 2. The lowest BCUT2D eigenvalue weighted by atomic mass is 10.2. The molecule has 0 unspecified atom stereocenters. The zero-order chi connectivity index (χ0) is 16.7. The van der Waals surface area contributed by atoms with Crippen molar-refractivity contribution in [3.63, 3.8) is 0 Å². The Bertz CT molecular complexity index is 666. The van der Waals surface area contributed by atoms with Crippen molar-refractivity contribution in [2.75, 3.05) is 12.4 Å². The highest BCUT2D eigenvalue weighted by Gasteiger charge is 2.07. The maximum atomic E-state index is 11.9. The molecule has 8 nitrogen and oxygen atoms in total. The van der Waals surface area contributed by atoms with Crippen LogP contribution in [0.1, 0.15) is 18.9 Å². The second-order valence-corrected chi connectivity index (χ2v) is 4.83. The van der Waals surface area contributed by atoms with Crippen molar-refractivity contribution in [1.82, 2.24) is 20.3 Å². The third kappa shape index (κ3) is 5.10. The van der Waals surface area contributed by atoms with E-state index in [4.69, 9.17) is 4.74 Å². The summed E-state index contributed by atoms with van der Waals surface area (Å²) in [6.45, 7) is 2.19. The summed E-state index contributed by atoms with van der Waals surface area (Å²) in [5, 5.41) is 12.9. The summed E-state index contributed by atoms with van der Waals surface area (Å²) in [7, 11) is 1.60. The maximum absolute atomic E-state index is 11.9. The molecule has 0 saturated heterocycles. The minimum atomic E-state index is -0.195. The van der Waals surface area contributed by atoms with Crippen LogP contribution in [-0.4, -0.2) is 33.9 Å². The molecule has 2 rings (SSSR count). The van der Waals surface area contributed by atoms with Gasteiger partial charge < -0.3 is 15.4 Å². The molecule has 0 radical (unpaired) electrons. The van der Waals surface area contributed by atoms with Crippen LogP contribution in [0.5, 0.6) is 5.75 Å². The second kappa shape index (κ2) is 7.92. The molecular formula is C15H19N5O3. The van der Waals surface area contributed by atoms with E-state index in [9.17, 15) is 9.59 Å². The third-order valence-electron chi connectivity index (χ3n) is 3.08. The molecule has 0 aliphatic carbocycles. The molecule has 0 aliphatic heterocycles. The quantitative estimate of drug-likeness (QED) is 0.792. The van der Waals surface area contributed by atoms with Crippen molar-refractivity contribution in [3.05, 3.63) is 36.0 Å². The van der Waals surface area contributed by atoms with Crippen LogP contribution in [0, 0.1) is 0 Å². The van der Waals surface area contributed by atoms with Crippen molar-refractivity contribution in [2.45, 2.75) is 26.4 Å². The number of anilines is 1. The first-order valence-electron chi connectivity index (χ1n) is 7.20. The van der Waals surface area contributed by atoms with Crippen LogP contribution in [0.4, 0.5) is 5.82 Å². The number of hydrogen-bond acceptors (Lipinski definition) is 5. The highest BCUT2D eigenvalue weighted by molar-refractivity contribution is 5.89. The fraction of sp³-hybridized carbons (Fsp3) is 0.333. The molecule has 0 spiro atoms. The number of ether oxygens (including phenoxy) is 1. The predicted octanol–water partition coefficient (Wildman–Crippen LogP) is 0.952. The molecule has 23 heavy (non-hydrogen) atoms. The lowest BCUT2D eigenvalue weighted by molar-refractivity contribution is -0.122. The van der Waals surface area contributed by atoms with Crippen molar-refractivity contribution < 1.29 is 14.3 Å². The van der Waals surface area contributed by atoms with Gasteiger partial charge in [0.25, 0.3) is 0 Å². The van der Waals surface area contributed by atoms with E-state index >= 15 is 0 Å². The molecule has 122 valence electrons. The smallest absolute Gasteiger partial charge is 0.242 e. The summed E-state index contributed by atoms with van der Waals surface area (Å²) in [4.78, 5) is 23.1. The Balaban J connectivity index is 1.81. The summed E-state index contributed by atoms with van der Waals surface area (Å²) < 4.78 is 6.45. The summed E-state index contributed by atoms with van der Waals surface area (Å²) in [6.07, 6.45) is 1.87. The number of carbonyl (C=O) groups excluding carboxylic acids is 2. The topological polar surface area (TPSA) is 98.1 Å². The zero-order valence-electron chi connectivity index (χ0n) is 13.1. The van der Waals surface area contributed by atoms with Gasteiger partial charge in [0.1, 0.15) is 12.3 Å².